The van der Waals surface area contributed by atoms with E-state index >= 15 is 0 Å². The Hall–Kier alpha value is -2.12. The number of thioether (sulfide) groups is 1. The van der Waals surface area contributed by atoms with Gasteiger partial charge in [0.25, 0.3) is 5.91 Å². The first-order valence-corrected chi connectivity index (χ1v) is 12.7. The van der Waals surface area contributed by atoms with Gasteiger partial charge in [0.2, 0.25) is 5.95 Å². The molecule has 1 saturated carbocycles. The van der Waals surface area contributed by atoms with Crippen molar-refractivity contribution in [1.29, 1.82) is 0 Å². The first kappa shape index (κ1) is 20.8. The molecule has 7 heteroatoms. The molecule has 0 unspecified atom stereocenters. The van der Waals surface area contributed by atoms with Crippen LogP contribution in [0.2, 0.25) is 0 Å². The summed E-state index contributed by atoms with van der Waals surface area (Å²) in [5, 5.41) is 0. The highest BCUT2D eigenvalue weighted by Gasteiger charge is 2.29. The second-order valence-corrected chi connectivity index (χ2v) is 9.65. The highest BCUT2D eigenvalue weighted by molar-refractivity contribution is 7.98. The van der Waals surface area contributed by atoms with E-state index in [0.29, 0.717) is 6.54 Å². The summed E-state index contributed by atoms with van der Waals surface area (Å²) in [6.45, 7) is 5.67. The second kappa shape index (κ2) is 9.17. The molecule has 1 amide bonds. The Morgan fingerprint density at radius 2 is 1.74 bits per heavy atom. The molecule has 1 aromatic heterocycles. The Kier molecular flexibility index (Phi) is 6.14. The molecule has 1 aromatic carbocycles. The molecule has 2 fully saturated rings. The van der Waals surface area contributed by atoms with Crippen LogP contribution in [0, 0.1) is 0 Å². The van der Waals surface area contributed by atoms with E-state index in [4.69, 9.17) is 9.97 Å². The predicted octanol–water partition coefficient (Wildman–Crippen LogP) is 3.11. The van der Waals surface area contributed by atoms with Gasteiger partial charge in [-0.2, -0.15) is 0 Å². The molecule has 6 nitrogen and oxygen atoms in total. The zero-order chi connectivity index (χ0) is 21.2. The third-order valence-electron chi connectivity index (χ3n) is 7.02. The molecular weight excluding hydrogens is 406 g/mol. The summed E-state index contributed by atoms with van der Waals surface area (Å²) in [6, 6.07) is 8.73. The van der Waals surface area contributed by atoms with Gasteiger partial charge < -0.3 is 9.80 Å². The van der Waals surface area contributed by atoms with Crippen LogP contribution in [0.25, 0.3) is 0 Å². The van der Waals surface area contributed by atoms with Crippen LogP contribution in [-0.4, -0.2) is 77.2 Å². The Bertz CT molecular complexity index is 922. The first-order chi connectivity index (χ1) is 15.2. The molecule has 0 bridgehead atoms. The van der Waals surface area contributed by atoms with Crippen molar-refractivity contribution in [2.45, 2.75) is 43.0 Å². The van der Waals surface area contributed by atoms with Crippen molar-refractivity contribution in [3.8, 4) is 0 Å². The van der Waals surface area contributed by atoms with Crippen LogP contribution in [0.5, 0.6) is 0 Å². The number of fused-ring (bicyclic) bond motifs is 1. The van der Waals surface area contributed by atoms with Gasteiger partial charge in [0, 0.05) is 68.4 Å². The van der Waals surface area contributed by atoms with Crippen molar-refractivity contribution < 1.29 is 4.79 Å². The average molecular weight is 438 g/mol. The lowest BCUT2D eigenvalue weighted by atomic mass is 9.91. The Morgan fingerprint density at radius 1 is 1.00 bits per heavy atom. The number of piperazine rings is 1. The van der Waals surface area contributed by atoms with Crippen LogP contribution in [0.4, 0.5) is 5.95 Å². The van der Waals surface area contributed by atoms with E-state index in [-0.39, 0.29) is 5.91 Å². The Morgan fingerprint density at radius 3 is 2.42 bits per heavy atom. The van der Waals surface area contributed by atoms with Crippen LogP contribution in [0.15, 0.2) is 35.4 Å². The topological polar surface area (TPSA) is 52.6 Å². The van der Waals surface area contributed by atoms with Gasteiger partial charge in [-0.3, -0.25) is 9.69 Å². The van der Waals surface area contributed by atoms with E-state index in [1.807, 2.05) is 41.6 Å². The number of amides is 1. The maximum atomic E-state index is 13.0. The van der Waals surface area contributed by atoms with Gasteiger partial charge >= 0.3 is 0 Å². The van der Waals surface area contributed by atoms with Crippen LogP contribution in [-0.2, 0) is 12.8 Å². The molecular formula is C24H31N5OS. The lowest BCUT2D eigenvalue weighted by molar-refractivity contribution is 0.0763. The Labute approximate surface area is 189 Å². The van der Waals surface area contributed by atoms with Gasteiger partial charge in [-0.1, -0.05) is 6.42 Å². The number of carbonyl (C=O) groups is 1. The smallest absolute Gasteiger partial charge is 0.253 e. The molecule has 2 aliphatic heterocycles. The number of nitrogens with zero attached hydrogens (tertiary/aromatic N) is 5. The quantitative estimate of drug-likeness (QED) is 0.685. The van der Waals surface area contributed by atoms with Gasteiger partial charge in [0.05, 0.1) is 5.69 Å². The van der Waals surface area contributed by atoms with E-state index < -0.39 is 0 Å². The fourth-order valence-corrected chi connectivity index (χ4v) is 5.18. The van der Waals surface area contributed by atoms with Crippen molar-refractivity contribution >= 4 is 23.6 Å². The van der Waals surface area contributed by atoms with Crippen molar-refractivity contribution in [1.82, 2.24) is 19.8 Å². The molecule has 1 saturated heterocycles. The highest BCUT2D eigenvalue weighted by Crippen LogP contribution is 2.26. The molecule has 2 aromatic rings. The Balaban J connectivity index is 1.22. The molecule has 0 N–H and O–H groups in total. The molecule has 0 radical (unpaired) electrons. The van der Waals surface area contributed by atoms with Crippen LogP contribution < -0.4 is 4.90 Å². The molecule has 5 rings (SSSR count). The number of carbonyl (C=O) groups excluding carboxylic acids is 1. The molecule has 164 valence electrons. The van der Waals surface area contributed by atoms with Gasteiger partial charge in [-0.15, -0.1) is 11.8 Å². The normalized spacial score (nSPS) is 20.2. The van der Waals surface area contributed by atoms with E-state index in [1.165, 1.54) is 29.7 Å². The van der Waals surface area contributed by atoms with Crippen molar-refractivity contribution in [3.63, 3.8) is 0 Å². The third-order valence-corrected chi connectivity index (χ3v) is 7.77. The third kappa shape index (κ3) is 4.44. The van der Waals surface area contributed by atoms with Gasteiger partial charge in [0.15, 0.2) is 0 Å². The predicted molar refractivity (Wildman–Crippen MR) is 125 cm³/mol. The van der Waals surface area contributed by atoms with E-state index in [1.54, 1.807) is 11.8 Å². The summed E-state index contributed by atoms with van der Waals surface area (Å²) in [6.07, 6.45) is 9.78. The largest absolute Gasteiger partial charge is 0.338 e. The average Bonchev–Trinajstić information content (AvgIpc) is 3.00. The number of anilines is 1. The SMILES string of the molecule is CSc1ccc(C(=O)N2CCc3cnc(N4CCN(C5CCC5)CC4)nc3CC2)cc1. The first-order valence-electron chi connectivity index (χ1n) is 11.5. The monoisotopic (exact) mass is 437 g/mol. The minimum absolute atomic E-state index is 0.112. The summed E-state index contributed by atoms with van der Waals surface area (Å²) in [5.74, 6) is 0.972. The van der Waals surface area contributed by atoms with E-state index in [2.05, 4.69) is 9.80 Å². The molecule has 0 spiro atoms. The fourth-order valence-electron chi connectivity index (χ4n) is 4.78. The molecule has 3 heterocycles. The highest BCUT2D eigenvalue weighted by atomic mass is 32.2. The van der Waals surface area contributed by atoms with Crippen LogP contribution in [0.1, 0.15) is 40.9 Å². The fraction of sp³-hybridized carbons (Fsp3) is 0.542. The minimum atomic E-state index is 0.112. The zero-order valence-electron chi connectivity index (χ0n) is 18.3. The van der Waals surface area contributed by atoms with Crippen LogP contribution in [0.3, 0.4) is 0 Å². The van der Waals surface area contributed by atoms with Crippen molar-refractivity contribution in [3.05, 3.63) is 47.3 Å². The number of hydrogen-bond acceptors (Lipinski definition) is 6. The van der Waals surface area contributed by atoms with Gasteiger partial charge in [0.1, 0.15) is 0 Å². The molecule has 31 heavy (non-hydrogen) atoms. The van der Waals surface area contributed by atoms with Gasteiger partial charge in [-0.25, -0.2) is 9.97 Å². The maximum absolute atomic E-state index is 13.0. The number of hydrogen-bond donors (Lipinski definition) is 0. The second-order valence-electron chi connectivity index (χ2n) is 8.77. The molecule has 1 aliphatic carbocycles. The van der Waals surface area contributed by atoms with E-state index in [0.717, 1.165) is 68.8 Å². The van der Waals surface area contributed by atoms with E-state index in [9.17, 15) is 4.79 Å². The lowest BCUT2D eigenvalue weighted by Crippen LogP contribution is -2.52. The summed E-state index contributed by atoms with van der Waals surface area (Å²) < 4.78 is 0. The standard InChI is InChI=1S/C24H31N5OS/c1-31-21-7-5-18(6-8-21)23(30)28-11-9-19-17-25-24(26-22(19)10-12-28)29-15-13-27(14-16-29)20-3-2-4-20/h5-8,17,20H,2-4,9-16H2,1H3. The molecule has 3 aliphatic rings. The van der Waals surface area contributed by atoms with Crippen molar-refractivity contribution in [2.75, 3.05) is 50.4 Å². The number of rotatable bonds is 4. The lowest BCUT2D eigenvalue weighted by Gasteiger charge is -2.43. The van der Waals surface area contributed by atoms with Crippen molar-refractivity contribution in [2.24, 2.45) is 0 Å². The van der Waals surface area contributed by atoms with Crippen LogP contribution >= 0.6 is 11.8 Å². The zero-order valence-corrected chi connectivity index (χ0v) is 19.1. The summed E-state index contributed by atoms with van der Waals surface area (Å²) >= 11 is 1.69. The van der Waals surface area contributed by atoms with Gasteiger partial charge in [-0.05, 0) is 55.3 Å². The maximum Gasteiger partial charge on any atom is 0.253 e. The summed E-state index contributed by atoms with van der Waals surface area (Å²) in [5.41, 5.74) is 3.06. The summed E-state index contributed by atoms with van der Waals surface area (Å²) in [4.78, 5) is 30.8. The number of aromatic nitrogens is 2. The summed E-state index contributed by atoms with van der Waals surface area (Å²) in [7, 11) is 0. The minimum Gasteiger partial charge on any atom is -0.338 e. The molecule has 0 atom stereocenters. The number of benzene rings is 1.